The molecule has 22 heavy (non-hydrogen) atoms. The maximum atomic E-state index is 12.3. The van der Waals surface area contributed by atoms with Gasteiger partial charge in [-0.25, -0.2) is 0 Å². The Morgan fingerprint density at radius 3 is 2.82 bits per heavy atom. The smallest absolute Gasteiger partial charge is 0.268 e. The summed E-state index contributed by atoms with van der Waals surface area (Å²) in [5, 5.41) is 11.6. The van der Waals surface area contributed by atoms with Crippen molar-refractivity contribution in [3.8, 4) is 0 Å². The first-order valence-corrected chi connectivity index (χ1v) is 7.29. The maximum absolute atomic E-state index is 12.3. The molecule has 1 amide bonds. The zero-order chi connectivity index (χ0) is 15.4. The highest BCUT2D eigenvalue weighted by atomic mass is 16.3. The van der Waals surface area contributed by atoms with Crippen molar-refractivity contribution in [1.82, 2.24) is 9.88 Å². The molecule has 114 valence electrons. The number of carbonyl (C=O) groups is 1. The summed E-state index contributed by atoms with van der Waals surface area (Å²) >= 11 is 0. The minimum Gasteiger partial charge on any atom is -0.463 e. The summed E-state index contributed by atoms with van der Waals surface area (Å²) in [6.07, 6.45) is 2.17. The summed E-state index contributed by atoms with van der Waals surface area (Å²) in [4.78, 5) is 12.3. The lowest BCUT2D eigenvalue weighted by molar-refractivity contribution is 0.0942. The fourth-order valence-electron chi connectivity index (χ4n) is 2.47. The van der Waals surface area contributed by atoms with Gasteiger partial charge in [0.1, 0.15) is 5.69 Å². The van der Waals surface area contributed by atoms with Crippen LogP contribution in [-0.4, -0.2) is 28.7 Å². The maximum Gasteiger partial charge on any atom is 0.268 e. The molecule has 2 N–H and O–H groups in total. The van der Waals surface area contributed by atoms with Crippen LogP contribution in [0.15, 0.2) is 53.1 Å². The summed E-state index contributed by atoms with van der Waals surface area (Å²) in [6.45, 7) is 1.12. The molecule has 1 aromatic carbocycles. The highest BCUT2D eigenvalue weighted by Crippen LogP contribution is 2.22. The number of amides is 1. The van der Waals surface area contributed by atoms with Gasteiger partial charge in [0.05, 0.1) is 11.8 Å². The lowest BCUT2D eigenvalue weighted by atomic mass is 10.2. The number of carbonyl (C=O) groups excluding carboxylic acids is 1. The summed E-state index contributed by atoms with van der Waals surface area (Å²) in [5.41, 5.74) is 3.28. The number of hydrogen-bond acceptors (Lipinski definition) is 3. The molecule has 0 radical (unpaired) electrons. The third-order valence-electron chi connectivity index (χ3n) is 3.56. The second-order valence-corrected chi connectivity index (χ2v) is 5.10. The summed E-state index contributed by atoms with van der Waals surface area (Å²) in [5.74, 6) is -0.157. The van der Waals surface area contributed by atoms with Crippen LogP contribution in [0.5, 0.6) is 0 Å². The van der Waals surface area contributed by atoms with Crippen LogP contribution < -0.4 is 5.32 Å². The van der Waals surface area contributed by atoms with Crippen LogP contribution >= 0.6 is 0 Å². The quantitative estimate of drug-likeness (QED) is 0.687. The molecule has 0 aliphatic carbocycles. The second kappa shape index (κ2) is 6.49. The van der Waals surface area contributed by atoms with Crippen LogP contribution in [0.4, 0.5) is 0 Å². The van der Waals surface area contributed by atoms with Crippen molar-refractivity contribution in [3.05, 3.63) is 60.0 Å². The fraction of sp³-hybridized carbons (Fsp3) is 0.235. The lowest BCUT2D eigenvalue weighted by Gasteiger charge is -2.10. The Bertz CT molecular complexity index is 759. The molecule has 0 saturated heterocycles. The Balaban J connectivity index is 1.90. The fourth-order valence-corrected chi connectivity index (χ4v) is 2.47. The Morgan fingerprint density at radius 2 is 2.05 bits per heavy atom. The van der Waals surface area contributed by atoms with Crippen molar-refractivity contribution in [2.75, 3.05) is 13.2 Å². The summed E-state index contributed by atoms with van der Waals surface area (Å²) < 4.78 is 7.36. The van der Waals surface area contributed by atoms with E-state index in [4.69, 9.17) is 9.52 Å². The van der Waals surface area contributed by atoms with E-state index >= 15 is 0 Å². The topological polar surface area (TPSA) is 67.4 Å². The van der Waals surface area contributed by atoms with Crippen molar-refractivity contribution in [2.24, 2.45) is 0 Å². The second-order valence-electron chi connectivity index (χ2n) is 5.10. The van der Waals surface area contributed by atoms with Crippen LogP contribution in [-0.2, 0) is 6.54 Å². The molecule has 0 bridgehead atoms. The summed E-state index contributed by atoms with van der Waals surface area (Å²) in [6, 6.07) is 13.6. The number of nitrogens with zero attached hydrogens (tertiary/aromatic N) is 1. The van der Waals surface area contributed by atoms with E-state index in [1.807, 2.05) is 41.0 Å². The first kappa shape index (κ1) is 14.4. The SMILES string of the molecule is O=C(NCCCO)c1cc2occc2n1Cc1ccccc1. The third-order valence-corrected chi connectivity index (χ3v) is 3.56. The number of aromatic nitrogens is 1. The van der Waals surface area contributed by atoms with Crippen LogP contribution in [0.2, 0.25) is 0 Å². The summed E-state index contributed by atoms with van der Waals surface area (Å²) in [7, 11) is 0. The molecule has 0 aliphatic rings. The van der Waals surface area contributed by atoms with Gasteiger partial charge in [-0.1, -0.05) is 30.3 Å². The first-order chi connectivity index (χ1) is 10.8. The standard InChI is InChI=1S/C17H18N2O3/c20-9-4-8-18-17(21)15-11-16-14(7-10-22-16)19(15)12-13-5-2-1-3-6-13/h1-3,5-7,10-11,20H,4,8-9,12H2,(H,18,21). The molecule has 5 heteroatoms. The number of furan rings is 1. The van der Waals surface area contributed by atoms with Crippen molar-refractivity contribution in [2.45, 2.75) is 13.0 Å². The van der Waals surface area contributed by atoms with Gasteiger partial charge in [0.2, 0.25) is 0 Å². The number of aliphatic hydroxyl groups is 1. The molecule has 0 spiro atoms. The molecule has 5 nitrogen and oxygen atoms in total. The highest BCUT2D eigenvalue weighted by molar-refractivity contribution is 5.97. The molecule has 0 fully saturated rings. The average molecular weight is 298 g/mol. The largest absolute Gasteiger partial charge is 0.463 e. The van der Waals surface area contributed by atoms with E-state index in [1.54, 1.807) is 12.3 Å². The highest BCUT2D eigenvalue weighted by Gasteiger charge is 2.17. The third kappa shape index (κ3) is 2.89. The van der Waals surface area contributed by atoms with Gasteiger partial charge in [-0.05, 0) is 12.0 Å². The molecule has 0 unspecified atom stereocenters. The molecule has 0 saturated carbocycles. The first-order valence-electron chi connectivity index (χ1n) is 7.29. The average Bonchev–Trinajstić information content (AvgIpc) is 3.11. The monoisotopic (exact) mass is 298 g/mol. The van der Waals surface area contributed by atoms with Crippen LogP contribution in [0.3, 0.4) is 0 Å². The Kier molecular flexibility index (Phi) is 4.25. The predicted molar refractivity (Wildman–Crippen MR) is 83.8 cm³/mol. The van der Waals surface area contributed by atoms with Gasteiger partial charge < -0.3 is 19.4 Å². The molecule has 3 rings (SSSR count). The molecule has 0 atom stereocenters. The molecule has 3 aromatic rings. The van der Waals surface area contributed by atoms with E-state index < -0.39 is 0 Å². The molecule has 2 aromatic heterocycles. The zero-order valence-electron chi connectivity index (χ0n) is 12.2. The normalized spacial score (nSPS) is 11.0. The van der Waals surface area contributed by atoms with Crippen molar-refractivity contribution in [1.29, 1.82) is 0 Å². The van der Waals surface area contributed by atoms with Crippen LogP contribution in [0.25, 0.3) is 11.1 Å². The Hall–Kier alpha value is -2.53. The minimum atomic E-state index is -0.157. The van der Waals surface area contributed by atoms with Gasteiger partial charge in [-0.3, -0.25) is 4.79 Å². The Labute approximate surface area is 128 Å². The zero-order valence-corrected chi connectivity index (χ0v) is 12.2. The van der Waals surface area contributed by atoms with E-state index in [9.17, 15) is 4.79 Å². The van der Waals surface area contributed by atoms with Crippen molar-refractivity contribution < 1.29 is 14.3 Å². The number of benzene rings is 1. The minimum absolute atomic E-state index is 0.0632. The number of hydrogen-bond donors (Lipinski definition) is 2. The van der Waals surface area contributed by atoms with Gasteiger partial charge in [0.15, 0.2) is 5.58 Å². The molecule has 0 aliphatic heterocycles. The van der Waals surface area contributed by atoms with Crippen LogP contribution in [0, 0.1) is 0 Å². The van der Waals surface area contributed by atoms with Crippen molar-refractivity contribution >= 4 is 17.0 Å². The van der Waals surface area contributed by atoms with Gasteiger partial charge >= 0.3 is 0 Å². The number of nitrogens with one attached hydrogen (secondary N) is 1. The van der Waals surface area contributed by atoms with E-state index in [1.165, 1.54) is 0 Å². The van der Waals surface area contributed by atoms with Gasteiger partial charge in [-0.2, -0.15) is 0 Å². The van der Waals surface area contributed by atoms with Crippen LogP contribution in [0.1, 0.15) is 22.5 Å². The van der Waals surface area contributed by atoms with E-state index in [0.717, 1.165) is 11.1 Å². The molecular formula is C17H18N2O3. The van der Waals surface area contributed by atoms with Gasteiger partial charge in [0, 0.05) is 31.8 Å². The predicted octanol–water partition coefficient (Wildman–Crippen LogP) is 2.39. The van der Waals surface area contributed by atoms with E-state index in [2.05, 4.69) is 5.32 Å². The molecule has 2 heterocycles. The number of fused-ring (bicyclic) bond motifs is 1. The van der Waals surface area contributed by atoms with Crippen molar-refractivity contribution in [3.63, 3.8) is 0 Å². The van der Waals surface area contributed by atoms with E-state index in [-0.39, 0.29) is 12.5 Å². The van der Waals surface area contributed by atoms with E-state index in [0.29, 0.717) is 30.8 Å². The Morgan fingerprint density at radius 1 is 1.23 bits per heavy atom. The van der Waals surface area contributed by atoms with Gasteiger partial charge in [0.25, 0.3) is 5.91 Å². The number of aliphatic hydroxyl groups excluding tert-OH is 1. The van der Waals surface area contributed by atoms with Gasteiger partial charge in [-0.15, -0.1) is 0 Å². The lowest BCUT2D eigenvalue weighted by Crippen LogP contribution is -2.27. The number of rotatable bonds is 6. The molecular weight excluding hydrogens is 280 g/mol.